The maximum Gasteiger partial charge on any atom is 0.339 e. The van der Waals surface area contributed by atoms with E-state index in [1.54, 1.807) is 19.1 Å². The Kier molecular flexibility index (Phi) is 9.07. The summed E-state index contributed by atoms with van der Waals surface area (Å²) in [4.78, 5) is 31.4. The third-order valence-corrected chi connectivity index (χ3v) is 6.46. The molecule has 0 bridgehead atoms. The van der Waals surface area contributed by atoms with E-state index in [1.165, 1.54) is 23.2 Å². The molecule has 33 heavy (non-hydrogen) atoms. The normalized spacial score (nSPS) is 15.5. The quantitative estimate of drug-likeness (QED) is 0.436. The van der Waals surface area contributed by atoms with E-state index in [1.807, 2.05) is 17.0 Å². The van der Waals surface area contributed by atoms with Crippen LogP contribution < -0.4 is 0 Å². The molecule has 178 valence electrons. The molecule has 3 rings (SSSR count). The first-order chi connectivity index (χ1) is 15.9. The molecule has 0 saturated carbocycles. The van der Waals surface area contributed by atoms with Crippen LogP contribution in [0.5, 0.6) is 0 Å². The number of nitrogens with zero attached hydrogens (tertiary/aromatic N) is 4. The van der Waals surface area contributed by atoms with Crippen LogP contribution in [0.25, 0.3) is 0 Å². The largest absolute Gasteiger partial charge is 0.465 e. The van der Waals surface area contributed by atoms with Gasteiger partial charge in [-0.2, -0.15) is 4.31 Å². The van der Waals surface area contributed by atoms with Gasteiger partial charge in [-0.05, 0) is 29.7 Å². The Morgan fingerprint density at radius 1 is 1.09 bits per heavy atom. The van der Waals surface area contributed by atoms with Gasteiger partial charge in [0.1, 0.15) is 0 Å². The van der Waals surface area contributed by atoms with Crippen LogP contribution in [0.15, 0.2) is 42.6 Å². The van der Waals surface area contributed by atoms with Gasteiger partial charge in [0.05, 0.1) is 24.9 Å². The lowest BCUT2D eigenvalue weighted by Crippen LogP contribution is -2.47. The summed E-state index contributed by atoms with van der Waals surface area (Å²) in [5.41, 5.74) is 3.20. The van der Waals surface area contributed by atoms with Crippen LogP contribution in [-0.2, 0) is 40.3 Å². The summed E-state index contributed by atoms with van der Waals surface area (Å²) in [5.74, 6) is -0.343. The Hall–Kier alpha value is -2.66. The number of hydrogen-bond acceptors (Lipinski definition) is 6. The molecule has 0 radical (unpaired) electrons. The Labute approximate surface area is 196 Å². The van der Waals surface area contributed by atoms with Gasteiger partial charge >= 0.3 is 5.97 Å². The molecule has 2 aromatic rings. The van der Waals surface area contributed by atoms with Crippen LogP contribution in [0.2, 0.25) is 0 Å². The zero-order chi connectivity index (χ0) is 23.8. The average molecular weight is 475 g/mol. The van der Waals surface area contributed by atoms with Gasteiger partial charge in [0.2, 0.25) is 17.2 Å². The zero-order valence-corrected chi connectivity index (χ0v) is 19.8. The molecule has 1 atom stereocenters. The highest BCUT2D eigenvalue weighted by molar-refractivity contribution is 7.76. The number of benzene rings is 1. The minimum Gasteiger partial charge on any atom is -0.465 e. The van der Waals surface area contributed by atoms with Crippen molar-refractivity contribution in [3.05, 3.63) is 65.0 Å². The molecular weight excluding hydrogens is 444 g/mol. The van der Waals surface area contributed by atoms with Crippen molar-refractivity contribution < 1.29 is 23.1 Å². The van der Waals surface area contributed by atoms with Gasteiger partial charge in [-0.25, -0.2) is 9.00 Å². The monoisotopic (exact) mass is 474 g/mol. The van der Waals surface area contributed by atoms with E-state index in [0.717, 1.165) is 38.3 Å². The smallest absolute Gasteiger partial charge is 0.339 e. The van der Waals surface area contributed by atoms with Crippen molar-refractivity contribution in [2.45, 2.75) is 26.4 Å². The minimum atomic E-state index is -2.14. The van der Waals surface area contributed by atoms with Crippen molar-refractivity contribution >= 4 is 23.1 Å². The molecule has 1 saturated heterocycles. The highest BCUT2D eigenvalue weighted by Gasteiger charge is 2.18. The summed E-state index contributed by atoms with van der Waals surface area (Å²) in [6.07, 6.45) is 2.02. The van der Waals surface area contributed by atoms with Crippen molar-refractivity contribution in [1.29, 1.82) is 0 Å². The molecular formula is C23H30N4O5S. The Morgan fingerprint density at radius 2 is 1.76 bits per heavy atom. The minimum absolute atomic E-state index is 0.130. The van der Waals surface area contributed by atoms with Crippen molar-refractivity contribution in [3.63, 3.8) is 0 Å². The summed E-state index contributed by atoms with van der Waals surface area (Å²) in [5, 5.41) is 0. The second-order valence-electron chi connectivity index (χ2n) is 7.97. The van der Waals surface area contributed by atoms with E-state index in [-0.39, 0.29) is 12.5 Å². The lowest BCUT2D eigenvalue weighted by atomic mass is 10.1. The molecule has 1 aromatic carbocycles. The second-order valence-corrected chi connectivity index (χ2v) is 8.95. The molecule has 1 N–H and O–H groups in total. The summed E-state index contributed by atoms with van der Waals surface area (Å²) in [7, 11) is 1.30. The van der Waals surface area contributed by atoms with Crippen LogP contribution in [-0.4, -0.2) is 79.6 Å². The van der Waals surface area contributed by atoms with Crippen molar-refractivity contribution in [3.8, 4) is 0 Å². The lowest BCUT2D eigenvalue weighted by Gasteiger charge is -2.34. The fourth-order valence-electron chi connectivity index (χ4n) is 3.69. The fourth-order valence-corrected chi connectivity index (χ4v) is 4.18. The first-order valence-corrected chi connectivity index (χ1v) is 11.9. The van der Waals surface area contributed by atoms with Gasteiger partial charge in [-0.15, -0.1) is 0 Å². The number of aromatic nitrogens is 1. The Balaban J connectivity index is 1.49. The van der Waals surface area contributed by atoms with Gasteiger partial charge in [-0.3, -0.25) is 19.2 Å². The summed E-state index contributed by atoms with van der Waals surface area (Å²) >= 11 is -2.14. The number of rotatable bonds is 9. The molecule has 1 amide bonds. The van der Waals surface area contributed by atoms with E-state index in [4.69, 9.17) is 0 Å². The number of methoxy groups -OCH3 is 1. The first kappa shape index (κ1) is 25.0. The van der Waals surface area contributed by atoms with Gasteiger partial charge in [0.15, 0.2) is 0 Å². The zero-order valence-electron chi connectivity index (χ0n) is 19.0. The molecule has 0 aliphatic carbocycles. The van der Waals surface area contributed by atoms with Crippen LogP contribution >= 0.6 is 0 Å². The molecule has 1 aliphatic rings. The molecule has 9 nitrogen and oxygen atoms in total. The number of pyridine rings is 1. The predicted octanol–water partition coefficient (Wildman–Crippen LogP) is 1.71. The van der Waals surface area contributed by atoms with E-state index < -0.39 is 17.2 Å². The summed E-state index contributed by atoms with van der Waals surface area (Å²) in [6, 6.07) is 11.5. The van der Waals surface area contributed by atoms with Gasteiger partial charge in [0.25, 0.3) is 0 Å². The third-order valence-electron chi connectivity index (χ3n) is 5.70. The van der Waals surface area contributed by atoms with Crippen molar-refractivity contribution in [2.75, 3.05) is 39.8 Å². The molecule has 10 heteroatoms. The number of carbonyl (C=O) groups excluding carboxylic acids is 2. The first-order valence-electron chi connectivity index (χ1n) is 10.8. The number of piperazine rings is 1. The standard InChI is InChI=1S/C23H30N4O5S/c1-18(28)26-13-11-25(12-14-26)16-20-5-3-19(4-6-20)9-10-27(33(30)31)17-22-8-7-21(15-24-22)23(29)32-2/h3-8,15H,9-14,16-17H2,1-2H3,(H,30,31). The molecule has 1 unspecified atom stereocenters. The molecule has 2 heterocycles. The van der Waals surface area contributed by atoms with Gasteiger partial charge in [0, 0.05) is 52.4 Å². The average Bonchev–Trinajstić information content (AvgIpc) is 2.82. The SMILES string of the molecule is COC(=O)c1ccc(CN(CCc2ccc(CN3CCN(C(C)=O)CC3)cc2)S(=O)O)nc1. The maximum atomic E-state index is 11.8. The lowest BCUT2D eigenvalue weighted by molar-refractivity contribution is -0.130. The number of hydrogen-bond donors (Lipinski definition) is 1. The number of esters is 1. The Morgan fingerprint density at radius 3 is 2.30 bits per heavy atom. The van der Waals surface area contributed by atoms with Crippen LogP contribution in [0.3, 0.4) is 0 Å². The highest BCUT2D eigenvalue weighted by Crippen LogP contribution is 2.13. The summed E-state index contributed by atoms with van der Waals surface area (Å²) < 4.78 is 27.5. The third kappa shape index (κ3) is 7.43. The summed E-state index contributed by atoms with van der Waals surface area (Å²) in [6.45, 7) is 6.29. The van der Waals surface area contributed by atoms with Crippen LogP contribution in [0, 0.1) is 0 Å². The molecule has 1 aromatic heterocycles. The van der Waals surface area contributed by atoms with Crippen molar-refractivity contribution in [2.24, 2.45) is 0 Å². The molecule has 0 spiro atoms. The number of amides is 1. The molecule has 1 aliphatic heterocycles. The number of ether oxygens (including phenoxy) is 1. The highest BCUT2D eigenvalue weighted by atomic mass is 32.2. The van der Waals surface area contributed by atoms with Crippen molar-refractivity contribution in [1.82, 2.24) is 19.1 Å². The van der Waals surface area contributed by atoms with E-state index >= 15 is 0 Å². The second kappa shape index (κ2) is 12.0. The Bertz CT molecular complexity index is 960. The van der Waals surface area contributed by atoms with E-state index in [9.17, 15) is 18.4 Å². The predicted molar refractivity (Wildman–Crippen MR) is 124 cm³/mol. The maximum absolute atomic E-state index is 11.8. The topological polar surface area (TPSA) is 103 Å². The fraction of sp³-hybridized carbons (Fsp3) is 0.435. The van der Waals surface area contributed by atoms with E-state index in [0.29, 0.717) is 24.2 Å². The molecule has 1 fully saturated rings. The van der Waals surface area contributed by atoms with Crippen LogP contribution in [0.1, 0.15) is 34.1 Å². The number of carbonyl (C=O) groups is 2. The van der Waals surface area contributed by atoms with Gasteiger partial charge in [-0.1, -0.05) is 24.3 Å². The van der Waals surface area contributed by atoms with Gasteiger partial charge < -0.3 is 9.64 Å². The van der Waals surface area contributed by atoms with E-state index in [2.05, 4.69) is 26.8 Å². The van der Waals surface area contributed by atoms with Crippen LogP contribution in [0.4, 0.5) is 0 Å².